The predicted molar refractivity (Wildman–Crippen MR) is 111 cm³/mol. The number of carbonyl (C=O) groups is 2. The predicted octanol–water partition coefficient (Wildman–Crippen LogP) is 3.78. The van der Waals surface area contributed by atoms with Gasteiger partial charge in [0.25, 0.3) is 0 Å². The van der Waals surface area contributed by atoms with Crippen LogP contribution in [0.4, 0.5) is 0 Å². The molecule has 0 aliphatic heterocycles. The first-order valence-electron chi connectivity index (χ1n) is 9.12. The molecule has 2 aromatic carbocycles. The summed E-state index contributed by atoms with van der Waals surface area (Å²) in [6.07, 6.45) is 4.51. The molecule has 2 rings (SSSR count). The molecule has 0 fully saturated rings. The summed E-state index contributed by atoms with van der Waals surface area (Å²) >= 11 is 0. The van der Waals surface area contributed by atoms with Crippen LogP contribution in [0.5, 0.6) is 0 Å². The van der Waals surface area contributed by atoms with Crippen molar-refractivity contribution < 1.29 is 14.2 Å². The maximum Gasteiger partial charge on any atom is 0.220 e. The molecule has 0 aromatic heterocycles. The second-order valence-corrected chi connectivity index (χ2v) is 9.31. The SMILES string of the molecule is C=CCCCCC(=O)NC(C(C)=O)P(=O)(c1ccccc1)c1ccccc1. The molecule has 4 nitrogen and oxygen atoms in total. The van der Waals surface area contributed by atoms with Crippen molar-refractivity contribution in [2.75, 3.05) is 0 Å². The molecular weight excluding hydrogens is 357 g/mol. The van der Waals surface area contributed by atoms with E-state index in [1.54, 1.807) is 48.5 Å². The van der Waals surface area contributed by atoms with Gasteiger partial charge in [-0.15, -0.1) is 6.58 Å². The van der Waals surface area contributed by atoms with Crippen LogP contribution in [0.15, 0.2) is 73.3 Å². The molecule has 0 saturated heterocycles. The zero-order chi connectivity index (χ0) is 19.7. The molecule has 0 spiro atoms. The number of amides is 1. The molecule has 5 heteroatoms. The third-order valence-electron chi connectivity index (χ3n) is 4.39. The minimum Gasteiger partial charge on any atom is -0.339 e. The van der Waals surface area contributed by atoms with Crippen LogP contribution in [0.1, 0.15) is 32.6 Å². The van der Waals surface area contributed by atoms with Gasteiger partial charge in [-0.1, -0.05) is 66.7 Å². The molecule has 0 aliphatic carbocycles. The topological polar surface area (TPSA) is 63.2 Å². The Morgan fingerprint density at radius 3 is 1.96 bits per heavy atom. The van der Waals surface area contributed by atoms with Crippen LogP contribution in [0.25, 0.3) is 0 Å². The van der Waals surface area contributed by atoms with E-state index in [0.29, 0.717) is 23.5 Å². The van der Waals surface area contributed by atoms with Gasteiger partial charge in [0.1, 0.15) is 5.78 Å². The zero-order valence-corrected chi connectivity index (χ0v) is 16.5. The van der Waals surface area contributed by atoms with Gasteiger partial charge in [0.05, 0.1) is 0 Å². The van der Waals surface area contributed by atoms with Gasteiger partial charge in [-0.25, -0.2) is 0 Å². The van der Waals surface area contributed by atoms with Crippen molar-refractivity contribution in [3.8, 4) is 0 Å². The second-order valence-electron chi connectivity index (χ2n) is 6.44. The highest BCUT2D eigenvalue weighted by molar-refractivity contribution is 7.80. The van der Waals surface area contributed by atoms with E-state index in [4.69, 9.17) is 0 Å². The van der Waals surface area contributed by atoms with Crippen LogP contribution in [0.3, 0.4) is 0 Å². The van der Waals surface area contributed by atoms with Crippen LogP contribution in [-0.2, 0) is 14.2 Å². The molecule has 2 aromatic rings. The smallest absolute Gasteiger partial charge is 0.220 e. The van der Waals surface area contributed by atoms with Crippen LogP contribution in [-0.4, -0.2) is 17.5 Å². The van der Waals surface area contributed by atoms with E-state index >= 15 is 0 Å². The van der Waals surface area contributed by atoms with E-state index in [0.717, 1.165) is 12.8 Å². The van der Waals surface area contributed by atoms with E-state index in [2.05, 4.69) is 11.9 Å². The highest BCUT2D eigenvalue weighted by atomic mass is 31.2. The molecule has 0 saturated carbocycles. The summed E-state index contributed by atoms with van der Waals surface area (Å²) in [5, 5.41) is 3.87. The largest absolute Gasteiger partial charge is 0.339 e. The van der Waals surface area contributed by atoms with Gasteiger partial charge >= 0.3 is 0 Å². The van der Waals surface area contributed by atoms with Crippen molar-refractivity contribution in [2.45, 2.75) is 38.4 Å². The highest BCUT2D eigenvalue weighted by Gasteiger charge is 2.40. The summed E-state index contributed by atoms with van der Waals surface area (Å²) in [6.45, 7) is 5.04. The highest BCUT2D eigenvalue weighted by Crippen LogP contribution is 2.47. The molecule has 0 heterocycles. The number of Topliss-reactive ketones (excluding diaryl/α,β-unsaturated/α-hetero) is 1. The van der Waals surface area contributed by atoms with Crippen LogP contribution < -0.4 is 15.9 Å². The van der Waals surface area contributed by atoms with Crippen molar-refractivity contribution in [1.82, 2.24) is 5.32 Å². The Bertz CT molecular complexity index is 774. The number of hydrogen-bond acceptors (Lipinski definition) is 3. The first-order valence-corrected chi connectivity index (χ1v) is 10.9. The monoisotopic (exact) mass is 383 g/mol. The van der Waals surface area contributed by atoms with E-state index in [9.17, 15) is 14.2 Å². The Hall–Kier alpha value is -2.45. The summed E-state index contributed by atoms with van der Waals surface area (Å²) in [7, 11) is -3.39. The molecule has 1 atom stereocenters. The van der Waals surface area contributed by atoms with E-state index in [-0.39, 0.29) is 11.7 Å². The Morgan fingerprint density at radius 2 is 1.52 bits per heavy atom. The molecule has 1 amide bonds. The standard InChI is InChI=1S/C22H26NO3P/c1-3-4-5-12-17-21(25)23-22(18(2)24)27(26,19-13-8-6-9-14-19)20-15-10-7-11-16-20/h3,6-11,13-16,22H,1,4-5,12,17H2,2H3,(H,23,25). The molecule has 1 unspecified atom stereocenters. The van der Waals surface area contributed by atoms with Gasteiger partial charge in [0, 0.05) is 17.0 Å². The fourth-order valence-corrected chi connectivity index (χ4v) is 5.96. The normalized spacial score (nSPS) is 12.2. The fraction of sp³-hybridized carbons (Fsp3) is 0.273. The minimum atomic E-state index is -3.39. The van der Waals surface area contributed by atoms with Crippen LogP contribution in [0.2, 0.25) is 0 Å². The van der Waals surface area contributed by atoms with Gasteiger partial charge in [-0.05, 0) is 26.2 Å². The molecule has 27 heavy (non-hydrogen) atoms. The number of nitrogens with one attached hydrogen (secondary N) is 1. The number of rotatable bonds is 10. The van der Waals surface area contributed by atoms with E-state index in [1.165, 1.54) is 6.92 Å². The number of carbonyl (C=O) groups excluding carboxylic acids is 2. The molecule has 1 N–H and O–H groups in total. The van der Waals surface area contributed by atoms with Crippen molar-refractivity contribution in [3.05, 3.63) is 73.3 Å². The van der Waals surface area contributed by atoms with Gasteiger partial charge < -0.3 is 9.88 Å². The summed E-state index contributed by atoms with van der Waals surface area (Å²) in [6, 6.07) is 17.8. The maximum absolute atomic E-state index is 14.2. The maximum atomic E-state index is 14.2. The lowest BCUT2D eigenvalue weighted by Crippen LogP contribution is -2.44. The lowest BCUT2D eigenvalue weighted by atomic mass is 10.2. The van der Waals surface area contributed by atoms with Crippen molar-refractivity contribution in [2.24, 2.45) is 0 Å². The molecule has 0 aliphatic rings. The summed E-state index contributed by atoms with van der Waals surface area (Å²) < 4.78 is 14.2. The first kappa shape index (κ1) is 20.9. The second kappa shape index (κ2) is 10.0. The van der Waals surface area contributed by atoms with Crippen molar-refractivity contribution >= 4 is 29.4 Å². The van der Waals surface area contributed by atoms with Gasteiger partial charge in [-0.2, -0.15) is 0 Å². The lowest BCUT2D eigenvalue weighted by molar-refractivity contribution is -0.125. The number of allylic oxidation sites excluding steroid dienone is 1. The molecule has 142 valence electrons. The lowest BCUT2D eigenvalue weighted by Gasteiger charge is -2.27. The van der Waals surface area contributed by atoms with Crippen molar-refractivity contribution in [3.63, 3.8) is 0 Å². The average molecular weight is 383 g/mol. The summed E-state index contributed by atoms with van der Waals surface area (Å²) in [5.74, 6) is -1.65. The number of benzene rings is 2. The Kier molecular flexibility index (Phi) is 7.75. The fourth-order valence-electron chi connectivity index (χ4n) is 2.99. The Labute approximate surface area is 161 Å². The van der Waals surface area contributed by atoms with Gasteiger partial charge in [0.15, 0.2) is 12.9 Å². The molecular formula is C22H26NO3P. The number of unbranched alkanes of at least 4 members (excludes halogenated alkanes) is 2. The third kappa shape index (κ3) is 5.27. The quantitative estimate of drug-likeness (QED) is 0.386. The average Bonchev–Trinajstić information content (AvgIpc) is 2.70. The minimum absolute atomic E-state index is 0.258. The van der Waals surface area contributed by atoms with Crippen LogP contribution >= 0.6 is 7.14 Å². The third-order valence-corrected chi connectivity index (χ3v) is 7.74. The van der Waals surface area contributed by atoms with Gasteiger partial charge in [0.2, 0.25) is 5.91 Å². The molecule has 0 bridgehead atoms. The summed E-state index contributed by atoms with van der Waals surface area (Å²) in [5.41, 5.74) is 0. The Morgan fingerprint density at radius 1 is 1.00 bits per heavy atom. The Balaban J connectivity index is 2.36. The first-order chi connectivity index (χ1) is 13.0. The van der Waals surface area contributed by atoms with Crippen molar-refractivity contribution in [1.29, 1.82) is 0 Å². The van der Waals surface area contributed by atoms with E-state index < -0.39 is 12.9 Å². The summed E-state index contributed by atoms with van der Waals surface area (Å²) in [4.78, 5) is 24.9. The van der Waals surface area contributed by atoms with E-state index in [1.807, 2.05) is 18.2 Å². The number of hydrogen-bond donors (Lipinski definition) is 1. The zero-order valence-electron chi connectivity index (χ0n) is 15.6. The van der Waals surface area contributed by atoms with Gasteiger partial charge in [-0.3, -0.25) is 9.59 Å². The van der Waals surface area contributed by atoms with Crippen LogP contribution in [0, 0.1) is 0 Å². The number of ketones is 1. The molecule has 0 radical (unpaired) electrons.